The summed E-state index contributed by atoms with van der Waals surface area (Å²) in [7, 11) is 0. The fourth-order valence-electron chi connectivity index (χ4n) is 0. The van der Waals surface area contributed by atoms with Gasteiger partial charge in [0, 0.05) is 16.5 Å². The van der Waals surface area contributed by atoms with Crippen LogP contribution in [0.2, 0.25) is 0 Å². The Morgan fingerprint density at radius 3 is 1.33 bits per heavy atom. The van der Waals surface area contributed by atoms with E-state index in [1.807, 2.05) is 0 Å². The third-order valence-corrected chi connectivity index (χ3v) is 0. The Bertz CT molecular complexity index is 15.0. The van der Waals surface area contributed by atoms with Crippen LogP contribution in [0.25, 0.3) is 0 Å². The molecule has 0 unspecified atom stereocenters. The van der Waals surface area contributed by atoms with E-state index in [1.54, 1.807) is 0 Å². The van der Waals surface area contributed by atoms with E-state index in [-0.39, 0.29) is 33.9 Å². The fourth-order valence-corrected chi connectivity index (χ4v) is 0. The molecule has 0 rings (SSSR count). The molecule has 0 saturated carbocycles. The first-order valence-corrected chi connectivity index (χ1v) is 0.494. The van der Waals surface area contributed by atoms with Gasteiger partial charge in [-0.05, 0) is 0 Å². The molecule has 5 heteroatoms. The largest absolute Gasteiger partial charge is 0.483 e. The maximum atomic E-state index is 8.36. The molecule has 0 radical (unpaired) electrons. The molecule has 6 heavy (non-hydrogen) atoms. The molecule has 4 nitrogen and oxygen atoms in total. The molecule has 0 bridgehead atoms. The fraction of sp³-hybridized carbons (Fsp3) is 0. The Morgan fingerprint density at radius 2 is 1.33 bits per heavy atom. The van der Waals surface area contributed by atoms with Gasteiger partial charge in [-0.2, -0.15) is 0 Å². The molecule has 0 aromatic heterocycles. The first-order valence-electron chi connectivity index (χ1n) is 0.494. The van der Waals surface area contributed by atoms with Crippen LogP contribution in [0.3, 0.4) is 0 Å². The zero-order valence-electron chi connectivity index (χ0n) is 2.75. The van der Waals surface area contributed by atoms with Crippen molar-refractivity contribution in [3.8, 4) is 0 Å². The Hall–Kier alpha value is -0.116. The van der Waals surface area contributed by atoms with Crippen LogP contribution >= 0.6 is 0 Å². The summed E-state index contributed by atoms with van der Waals surface area (Å²) in [5.74, 6) is 0. The predicted octanol–water partition coefficient (Wildman–Crippen LogP) is -1.95. The Balaban J connectivity index is -0.00000000667. The van der Waals surface area contributed by atoms with Crippen LogP contribution < -0.4 is 0 Å². The van der Waals surface area contributed by atoms with Gasteiger partial charge in [0.25, 0.3) is 6.47 Å². The minimum absolute atomic E-state index is 0. The Labute approximate surface area is 44.7 Å². The van der Waals surface area contributed by atoms with Gasteiger partial charge in [0.2, 0.25) is 0 Å². The van der Waals surface area contributed by atoms with Crippen molar-refractivity contribution in [2.24, 2.45) is 0 Å². The summed E-state index contributed by atoms with van der Waals surface area (Å²) in [4.78, 5) is 8.36. The molecule has 0 aliphatic heterocycles. The SMILES string of the molecule is O.O.O=CO.[Ni]. The molecule has 0 aliphatic carbocycles. The minimum atomic E-state index is -0.250. The van der Waals surface area contributed by atoms with Gasteiger partial charge in [0.15, 0.2) is 0 Å². The van der Waals surface area contributed by atoms with E-state index in [0.29, 0.717) is 0 Å². The van der Waals surface area contributed by atoms with E-state index in [4.69, 9.17) is 9.90 Å². The van der Waals surface area contributed by atoms with E-state index in [9.17, 15) is 0 Å². The zero-order valence-corrected chi connectivity index (χ0v) is 3.74. The summed E-state index contributed by atoms with van der Waals surface area (Å²) >= 11 is 0. The monoisotopic (exact) mass is 140 g/mol. The molecule has 0 aromatic carbocycles. The standard InChI is InChI=1S/CH2O2.Ni.2H2O/c2-1-3;;;/h1H,(H,2,3);;2*1H2. The van der Waals surface area contributed by atoms with Gasteiger partial charge < -0.3 is 16.1 Å². The third kappa shape index (κ3) is 2380. The molecule has 5 N–H and O–H groups in total. The molecule has 0 fully saturated rings. The summed E-state index contributed by atoms with van der Waals surface area (Å²) in [6.45, 7) is -0.250. The molecule has 44 valence electrons. The van der Waals surface area contributed by atoms with E-state index in [2.05, 4.69) is 0 Å². The third-order valence-electron chi connectivity index (χ3n) is 0. The van der Waals surface area contributed by atoms with Crippen molar-refractivity contribution in [3.63, 3.8) is 0 Å². The number of rotatable bonds is 0. The smallest absolute Gasteiger partial charge is 0.290 e. The van der Waals surface area contributed by atoms with Gasteiger partial charge in [-0.15, -0.1) is 0 Å². The van der Waals surface area contributed by atoms with Crippen LogP contribution in [-0.2, 0) is 21.3 Å². The summed E-state index contributed by atoms with van der Waals surface area (Å²) < 4.78 is 0. The summed E-state index contributed by atoms with van der Waals surface area (Å²) in [6, 6.07) is 0. The number of hydrogen-bond acceptors (Lipinski definition) is 1. The van der Waals surface area contributed by atoms with Crippen LogP contribution in [-0.4, -0.2) is 22.5 Å². The van der Waals surface area contributed by atoms with E-state index >= 15 is 0 Å². The molecule has 0 heterocycles. The van der Waals surface area contributed by atoms with Crippen molar-refractivity contribution in [2.75, 3.05) is 0 Å². The van der Waals surface area contributed by atoms with Gasteiger partial charge >= 0.3 is 0 Å². The van der Waals surface area contributed by atoms with Gasteiger partial charge in [-0.3, -0.25) is 4.79 Å². The summed E-state index contributed by atoms with van der Waals surface area (Å²) in [5.41, 5.74) is 0. The molecular formula is CH6NiO4. The van der Waals surface area contributed by atoms with Crippen molar-refractivity contribution in [3.05, 3.63) is 0 Å². The number of carboxylic acid groups (broad SMARTS) is 1. The zero-order chi connectivity index (χ0) is 2.71. The quantitative estimate of drug-likeness (QED) is 0.313. The Kier molecular flexibility index (Phi) is 622. The molecular weight excluding hydrogens is 135 g/mol. The molecule has 0 saturated heterocycles. The van der Waals surface area contributed by atoms with Crippen LogP contribution in [0.5, 0.6) is 0 Å². The summed E-state index contributed by atoms with van der Waals surface area (Å²) in [5, 5.41) is 6.89. The van der Waals surface area contributed by atoms with E-state index in [0.717, 1.165) is 0 Å². The Morgan fingerprint density at radius 1 is 1.33 bits per heavy atom. The van der Waals surface area contributed by atoms with Crippen LogP contribution in [0.15, 0.2) is 0 Å². The van der Waals surface area contributed by atoms with Crippen LogP contribution in [0, 0.1) is 0 Å². The van der Waals surface area contributed by atoms with Crippen molar-refractivity contribution in [1.82, 2.24) is 0 Å². The van der Waals surface area contributed by atoms with Crippen LogP contribution in [0.1, 0.15) is 0 Å². The predicted molar refractivity (Wildman–Crippen MR) is 15.9 cm³/mol. The van der Waals surface area contributed by atoms with E-state index in [1.165, 1.54) is 0 Å². The minimum Gasteiger partial charge on any atom is -0.483 e. The van der Waals surface area contributed by atoms with Crippen molar-refractivity contribution < 1.29 is 37.3 Å². The maximum absolute atomic E-state index is 8.36. The maximum Gasteiger partial charge on any atom is 0.290 e. The van der Waals surface area contributed by atoms with Crippen molar-refractivity contribution in [1.29, 1.82) is 0 Å². The molecule has 0 spiro atoms. The second kappa shape index (κ2) is 94.4. The topological polar surface area (TPSA) is 100 Å². The molecule has 0 aromatic rings. The van der Waals surface area contributed by atoms with Crippen LogP contribution in [0.4, 0.5) is 0 Å². The molecule has 0 amide bonds. The van der Waals surface area contributed by atoms with Gasteiger partial charge in [-0.25, -0.2) is 0 Å². The van der Waals surface area contributed by atoms with Gasteiger partial charge in [-0.1, -0.05) is 0 Å². The van der Waals surface area contributed by atoms with Gasteiger partial charge in [0.05, 0.1) is 0 Å². The van der Waals surface area contributed by atoms with Gasteiger partial charge in [0.1, 0.15) is 0 Å². The first kappa shape index (κ1) is 39.6. The number of hydrogen-bond donors (Lipinski definition) is 1. The molecule has 0 aliphatic rings. The van der Waals surface area contributed by atoms with Crippen molar-refractivity contribution >= 4 is 6.47 Å². The first-order chi connectivity index (χ1) is 1.41. The number of carbonyl (C=O) groups is 1. The normalized spacial score (nSPS) is 2.00. The van der Waals surface area contributed by atoms with Crippen molar-refractivity contribution in [2.45, 2.75) is 0 Å². The summed E-state index contributed by atoms with van der Waals surface area (Å²) in [6.07, 6.45) is 0. The average Bonchev–Trinajstić information content (AvgIpc) is 0.918. The molecule has 0 atom stereocenters. The van der Waals surface area contributed by atoms with E-state index < -0.39 is 0 Å². The average molecular weight is 141 g/mol. The second-order valence-electron chi connectivity index (χ2n) is 0.105. The second-order valence-corrected chi connectivity index (χ2v) is 0.105.